The average Bonchev–Trinajstić information content (AvgIpc) is 2.56. The van der Waals surface area contributed by atoms with Gasteiger partial charge >= 0.3 is 5.97 Å². The number of anilines is 1. The van der Waals surface area contributed by atoms with E-state index < -0.39 is 11.9 Å². The van der Waals surface area contributed by atoms with Gasteiger partial charge in [0.1, 0.15) is 0 Å². The number of piperidine rings is 1. The molecule has 1 saturated heterocycles. The Morgan fingerprint density at radius 1 is 1.20 bits per heavy atom. The Kier molecular flexibility index (Phi) is 8.59. The zero-order valence-electron chi connectivity index (χ0n) is 14.4. The summed E-state index contributed by atoms with van der Waals surface area (Å²) < 4.78 is 0. The lowest BCUT2D eigenvalue weighted by Crippen LogP contribution is -2.38. The standard InChI is InChI=1S/C9H10N2O2.C8H16N2O2/c1-6(12)11-8-4-2-7(3-5-8)9(10)13;9-3-6-10-4-1-7(2-5-10)8(11)12/h2-5H,1H3,(H2,10,13)(H,11,12);7H,1-6,9H2,(H,11,12). The molecule has 2 rings (SSSR count). The summed E-state index contributed by atoms with van der Waals surface area (Å²) in [6, 6.07) is 6.38. The van der Waals surface area contributed by atoms with Gasteiger partial charge in [-0.05, 0) is 50.2 Å². The first kappa shape index (κ1) is 20.6. The van der Waals surface area contributed by atoms with Crippen molar-refractivity contribution in [3.8, 4) is 0 Å². The smallest absolute Gasteiger partial charge is 0.306 e. The van der Waals surface area contributed by atoms with E-state index in [0.717, 1.165) is 32.5 Å². The summed E-state index contributed by atoms with van der Waals surface area (Å²) in [5.74, 6) is -1.40. The van der Waals surface area contributed by atoms with Gasteiger partial charge in [-0.15, -0.1) is 0 Å². The molecule has 1 aromatic rings. The Balaban J connectivity index is 0.000000251. The molecule has 0 aliphatic carbocycles. The highest BCUT2D eigenvalue weighted by molar-refractivity contribution is 5.94. The Morgan fingerprint density at radius 3 is 2.16 bits per heavy atom. The number of nitrogens with zero attached hydrogens (tertiary/aromatic N) is 1. The number of carboxylic acid groups (broad SMARTS) is 1. The second-order valence-electron chi connectivity index (χ2n) is 5.87. The number of primary amides is 1. The fourth-order valence-corrected chi connectivity index (χ4v) is 2.51. The van der Waals surface area contributed by atoms with Gasteiger partial charge in [-0.25, -0.2) is 0 Å². The molecule has 6 N–H and O–H groups in total. The van der Waals surface area contributed by atoms with E-state index in [4.69, 9.17) is 16.6 Å². The van der Waals surface area contributed by atoms with Crippen LogP contribution in [-0.2, 0) is 9.59 Å². The van der Waals surface area contributed by atoms with Crippen molar-refractivity contribution in [1.82, 2.24) is 4.90 Å². The maximum Gasteiger partial charge on any atom is 0.306 e. The second-order valence-corrected chi connectivity index (χ2v) is 5.87. The van der Waals surface area contributed by atoms with E-state index in [9.17, 15) is 14.4 Å². The molecule has 0 unspecified atom stereocenters. The normalized spacial score (nSPS) is 15.0. The molecule has 0 atom stereocenters. The molecule has 2 amide bonds. The molecule has 8 nitrogen and oxygen atoms in total. The van der Waals surface area contributed by atoms with Crippen molar-refractivity contribution >= 4 is 23.5 Å². The van der Waals surface area contributed by atoms with Crippen LogP contribution in [0.4, 0.5) is 5.69 Å². The van der Waals surface area contributed by atoms with E-state index in [1.54, 1.807) is 24.3 Å². The Morgan fingerprint density at radius 2 is 1.76 bits per heavy atom. The zero-order chi connectivity index (χ0) is 18.8. The maximum atomic E-state index is 10.7. The number of likely N-dealkylation sites (tertiary alicyclic amines) is 1. The van der Waals surface area contributed by atoms with Crippen LogP contribution in [0.25, 0.3) is 0 Å². The minimum atomic E-state index is -0.651. The van der Waals surface area contributed by atoms with Crippen LogP contribution in [0.2, 0.25) is 0 Å². The van der Waals surface area contributed by atoms with Gasteiger partial charge in [0.15, 0.2) is 0 Å². The fraction of sp³-hybridized carbons (Fsp3) is 0.471. The van der Waals surface area contributed by atoms with Crippen LogP contribution in [0.1, 0.15) is 30.1 Å². The number of hydrogen-bond acceptors (Lipinski definition) is 5. The van der Waals surface area contributed by atoms with E-state index in [1.807, 2.05) is 0 Å². The van der Waals surface area contributed by atoms with Crippen LogP contribution >= 0.6 is 0 Å². The molecule has 1 fully saturated rings. The van der Waals surface area contributed by atoms with Gasteiger partial charge in [0.25, 0.3) is 0 Å². The predicted molar refractivity (Wildman–Crippen MR) is 95.1 cm³/mol. The third kappa shape index (κ3) is 7.77. The van der Waals surface area contributed by atoms with E-state index in [2.05, 4.69) is 10.2 Å². The molecular weight excluding hydrogens is 324 g/mol. The minimum Gasteiger partial charge on any atom is -0.481 e. The summed E-state index contributed by atoms with van der Waals surface area (Å²) in [6.45, 7) is 4.74. The molecule has 25 heavy (non-hydrogen) atoms. The highest BCUT2D eigenvalue weighted by Crippen LogP contribution is 2.16. The van der Waals surface area contributed by atoms with Crippen molar-refractivity contribution in [2.45, 2.75) is 19.8 Å². The molecule has 138 valence electrons. The van der Waals surface area contributed by atoms with Crippen LogP contribution in [-0.4, -0.2) is 54.0 Å². The number of carbonyl (C=O) groups excluding carboxylic acids is 2. The molecule has 1 aliphatic heterocycles. The average molecular weight is 350 g/mol. The molecular formula is C17H26N4O4. The lowest BCUT2D eigenvalue weighted by molar-refractivity contribution is -0.143. The van der Waals surface area contributed by atoms with Crippen molar-refractivity contribution in [3.05, 3.63) is 29.8 Å². The largest absolute Gasteiger partial charge is 0.481 e. The highest BCUT2D eigenvalue weighted by Gasteiger charge is 2.23. The first-order valence-corrected chi connectivity index (χ1v) is 8.16. The Hall–Kier alpha value is -2.45. The van der Waals surface area contributed by atoms with Crippen molar-refractivity contribution in [2.75, 3.05) is 31.5 Å². The number of hydrogen-bond donors (Lipinski definition) is 4. The molecule has 0 spiro atoms. The van der Waals surface area contributed by atoms with E-state index in [-0.39, 0.29) is 11.8 Å². The Bertz CT molecular complexity index is 581. The summed E-state index contributed by atoms with van der Waals surface area (Å²) in [5, 5.41) is 11.3. The van der Waals surface area contributed by atoms with E-state index >= 15 is 0 Å². The number of nitrogens with one attached hydrogen (secondary N) is 1. The van der Waals surface area contributed by atoms with Crippen molar-refractivity contribution in [2.24, 2.45) is 17.4 Å². The molecule has 0 bridgehead atoms. The maximum absolute atomic E-state index is 10.7. The summed E-state index contributed by atoms with van der Waals surface area (Å²) >= 11 is 0. The molecule has 0 aromatic heterocycles. The SMILES string of the molecule is CC(=O)Nc1ccc(C(N)=O)cc1.NCCN1CCC(C(=O)O)CC1. The molecule has 1 aromatic carbocycles. The van der Waals surface area contributed by atoms with Gasteiger partial charge < -0.3 is 26.8 Å². The molecule has 1 aliphatic rings. The first-order valence-electron chi connectivity index (χ1n) is 8.16. The zero-order valence-corrected chi connectivity index (χ0v) is 14.4. The van der Waals surface area contributed by atoms with Crippen molar-refractivity contribution in [1.29, 1.82) is 0 Å². The quantitative estimate of drug-likeness (QED) is 0.609. The number of rotatable bonds is 5. The first-order chi connectivity index (χ1) is 11.8. The third-order valence-corrected chi connectivity index (χ3v) is 3.87. The topological polar surface area (TPSA) is 139 Å². The second kappa shape index (κ2) is 10.4. The van der Waals surface area contributed by atoms with Gasteiger partial charge in [-0.3, -0.25) is 14.4 Å². The van der Waals surface area contributed by atoms with Crippen LogP contribution in [0.5, 0.6) is 0 Å². The summed E-state index contributed by atoms with van der Waals surface area (Å²) in [7, 11) is 0. The van der Waals surface area contributed by atoms with Crippen LogP contribution in [0.3, 0.4) is 0 Å². The number of nitrogens with two attached hydrogens (primary N) is 2. The van der Waals surface area contributed by atoms with Crippen LogP contribution in [0.15, 0.2) is 24.3 Å². The summed E-state index contributed by atoms with van der Waals surface area (Å²) in [5.41, 5.74) is 11.5. The van der Waals surface area contributed by atoms with Crippen LogP contribution in [0, 0.1) is 5.92 Å². The van der Waals surface area contributed by atoms with Gasteiger partial charge in [0.2, 0.25) is 11.8 Å². The minimum absolute atomic E-state index is 0.126. The van der Waals surface area contributed by atoms with Crippen molar-refractivity contribution < 1.29 is 19.5 Å². The van der Waals surface area contributed by atoms with Gasteiger partial charge in [0.05, 0.1) is 5.92 Å². The summed E-state index contributed by atoms with van der Waals surface area (Å²) in [4.78, 5) is 34.1. The van der Waals surface area contributed by atoms with E-state index in [0.29, 0.717) is 17.8 Å². The number of carbonyl (C=O) groups is 3. The molecule has 8 heteroatoms. The van der Waals surface area contributed by atoms with Gasteiger partial charge in [-0.2, -0.15) is 0 Å². The van der Waals surface area contributed by atoms with Gasteiger partial charge in [-0.1, -0.05) is 0 Å². The predicted octanol–water partition coefficient (Wildman–Crippen LogP) is 0.486. The third-order valence-electron chi connectivity index (χ3n) is 3.87. The van der Waals surface area contributed by atoms with Gasteiger partial charge in [0, 0.05) is 31.3 Å². The Labute approximate surface area is 147 Å². The fourth-order valence-electron chi connectivity index (χ4n) is 2.51. The number of aliphatic carboxylic acids is 1. The lowest BCUT2D eigenvalue weighted by Gasteiger charge is -2.29. The molecule has 0 saturated carbocycles. The number of benzene rings is 1. The van der Waals surface area contributed by atoms with Crippen molar-refractivity contribution in [3.63, 3.8) is 0 Å². The monoisotopic (exact) mass is 350 g/mol. The summed E-state index contributed by atoms with van der Waals surface area (Å²) in [6.07, 6.45) is 1.55. The van der Waals surface area contributed by atoms with E-state index in [1.165, 1.54) is 6.92 Å². The highest BCUT2D eigenvalue weighted by atomic mass is 16.4. The number of carboxylic acids is 1. The lowest BCUT2D eigenvalue weighted by atomic mass is 9.97. The molecule has 1 heterocycles. The molecule has 0 radical (unpaired) electrons. The number of amides is 2. The van der Waals surface area contributed by atoms with Crippen LogP contribution < -0.4 is 16.8 Å².